The third-order valence-electron chi connectivity index (χ3n) is 3.24. The lowest BCUT2D eigenvalue weighted by Crippen LogP contribution is -2.19. The first kappa shape index (κ1) is 15.1. The molecule has 1 N–H and O–H groups in total. The molecule has 20 heavy (non-hydrogen) atoms. The van der Waals surface area contributed by atoms with E-state index in [-0.39, 0.29) is 6.79 Å². The van der Waals surface area contributed by atoms with Gasteiger partial charge in [0.05, 0.1) is 0 Å². The van der Waals surface area contributed by atoms with E-state index < -0.39 is 12.8 Å². The average Bonchev–Trinajstić information content (AvgIpc) is 2.78. The molecule has 0 spiro atoms. The maximum atomic E-state index is 11.9. The molecule has 6 heteroatoms. The summed E-state index contributed by atoms with van der Waals surface area (Å²) in [5.41, 5.74) is 2.23. The van der Waals surface area contributed by atoms with Crippen LogP contribution in [-0.4, -0.2) is 26.1 Å². The minimum atomic E-state index is -4.32. The first-order chi connectivity index (χ1) is 9.51. The lowest BCUT2D eigenvalue weighted by molar-refractivity contribution is -0.186. The van der Waals surface area contributed by atoms with E-state index in [4.69, 9.17) is 4.74 Å². The van der Waals surface area contributed by atoms with Crippen LogP contribution in [0, 0.1) is 0 Å². The lowest BCUT2D eigenvalue weighted by atomic mass is 10.1. The second-order valence-electron chi connectivity index (χ2n) is 4.70. The van der Waals surface area contributed by atoms with Gasteiger partial charge >= 0.3 is 6.18 Å². The zero-order valence-electron chi connectivity index (χ0n) is 11.3. The van der Waals surface area contributed by atoms with Crippen LogP contribution >= 0.6 is 0 Å². The topological polar surface area (TPSA) is 30.5 Å². The number of alkyl halides is 3. The number of nitrogens with one attached hydrogen (secondary N) is 1. The molecule has 1 aliphatic carbocycles. The Morgan fingerprint density at radius 1 is 1.35 bits per heavy atom. The average molecular weight is 289 g/mol. The van der Waals surface area contributed by atoms with Crippen LogP contribution in [0.2, 0.25) is 0 Å². The Kier molecular flexibility index (Phi) is 4.88. The molecule has 0 aromatic heterocycles. The fourth-order valence-corrected chi connectivity index (χ4v) is 2.48. The van der Waals surface area contributed by atoms with Crippen LogP contribution in [0.15, 0.2) is 18.2 Å². The minimum Gasteiger partial charge on any atom is -0.467 e. The molecule has 0 bridgehead atoms. The number of benzene rings is 1. The summed E-state index contributed by atoms with van der Waals surface area (Å²) in [4.78, 5) is 0. The zero-order chi connectivity index (χ0) is 14.6. The van der Waals surface area contributed by atoms with Gasteiger partial charge in [0.1, 0.15) is 12.4 Å². The SMILES string of the molecule is CCNC1CCc2c(OCOCC(F)(F)F)cccc21. The van der Waals surface area contributed by atoms with Gasteiger partial charge in [-0.2, -0.15) is 13.2 Å². The molecular weight excluding hydrogens is 271 g/mol. The maximum Gasteiger partial charge on any atom is 0.411 e. The number of fused-ring (bicyclic) bond motifs is 1. The summed E-state index contributed by atoms with van der Waals surface area (Å²) in [5.74, 6) is 0.616. The molecule has 0 aliphatic heterocycles. The molecular formula is C14H18F3NO2. The Labute approximate surface area is 116 Å². The lowest BCUT2D eigenvalue weighted by Gasteiger charge is -2.14. The van der Waals surface area contributed by atoms with Gasteiger partial charge in [0.15, 0.2) is 6.79 Å². The molecule has 112 valence electrons. The maximum absolute atomic E-state index is 11.9. The first-order valence-corrected chi connectivity index (χ1v) is 6.63. The third-order valence-corrected chi connectivity index (χ3v) is 3.24. The van der Waals surface area contributed by atoms with E-state index in [1.54, 1.807) is 6.07 Å². The van der Waals surface area contributed by atoms with Gasteiger partial charge in [0, 0.05) is 6.04 Å². The zero-order valence-corrected chi connectivity index (χ0v) is 11.3. The predicted molar refractivity (Wildman–Crippen MR) is 68.7 cm³/mol. The van der Waals surface area contributed by atoms with Gasteiger partial charge in [-0.15, -0.1) is 0 Å². The Morgan fingerprint density at radius 3 is 2.85 bits per heavy atom. The monoisotopic (exact) mass is 289 g/mol. The van der Waals surface area contributed by atoms with E-state index >= 15 is 0 Å². The molecule has 3 nitrogen and oxygen atoms in total. The molecule has 0 saturated heterocycles. The number of rotatable bonds is 6. The normalized spacial score (nSPS) is 18.1. The molecule has 1 aliphatic rings. The standard InChI is InChI=1S/C14H18F3NO2/c1-2-18-12-7-6-11-10(12)4-3-5-13(11)20-9-19-8-14(15,16)17/h3-5,12,18H,2,6-9H2,1H3. The number of hydrogen-bond acceptors (Lipinski definition) is 3. The molecule has 0 heterocycles. The summed E-state index contributed by atoms with van der Waals surface area (Å²) in [6.45, 7) is 1.25. The fraction of sp³-hybridized carbons (Fsp3) is 0.571. The van der Waals surface area contributed by atoms with Crippen molar-refractivity contribution in [2.75, 3.05) is 19.9 Å². The molecule has 0 saturated carbocycles. The molecule has 0 amide bonds. The molecule has 1 aromatic carbocycles. The Morgan fingerprint density at radius 2 is 2.15 bits per heavy atom. The summed E-state index contributed by atoms with van der Waals surface area (Å²) in [6.07, 6.45) is -2.48. The third kappa shape index (κ3) is 3.86. The van der Waals surface area contributed by atoms with Crippen molar-refractivity contribution < 1.29 is 22.6 Å². The van der Waals surface area contributed by atoms with Crippen LogP contribution in [0.5, 0.6) is 5.75 Å². The molecule has 1 aromatic rings. The van der Waals surface area contributed by atoms with Crippen LogP contribution in [0.25, 0.3) is 0 Å². The highest BCUT2D eigenvalue weighted by Crippen LogP contribution is 2.36. The smallest absolute Gasteiger partial charge is 0.411 e. The summed E-state index contributed by atoms with van der Waals surface area (Å²) >= 11 is 0. The summed E-state index contributed by atoms with van der Waals surface area (Å²) in [6, 6.07) is 5.95. The quantitative estimate of drug-likeness (QED) is 0.644. The van der Waals surface area contributed by atoms with Crippen LogP contribution in [0.3, 0.4) is 0 Å². The minimum absolute atomic E-state index is 0.301. The van der Waals surface area contributed by atoms with Gasteiger partial charge in [-0.1, -0.05) is 19.1 Å². The second kappa shape index (κ2) is 6.45. The Bertz CT molecular complexity index is 449. The van der Waals surface area contributed by atoms with Crippen molar-refractivity contribution in [3.05, 3.63) is 29.3 Å². The van der Waals surface area contributed by atoms with E-state index in [1.165, 1.54) is 5.56 Å². The van der Waals surface area contributed by atoms with E-state index in [9.17, 15) is 13.2 Å². The van der Waals surface area contributed by atoms with Crippen molar-refractivity contribution >= 4 is 0 Å². The Balaban J connectivity index is 1.93. The van der Waals surface area contributed by atoms with Gasteiger partial charge < -0.3 is 14.8 Å². The van der Waals surface area contributed by atoms with Crippen molar-refractivity contribution in [1.29, 1.82) is 0 Å². The van der Waals surface area contributed by atoms with Crippen molar-refractivity contribution in [2.45, 2.75) is 32.0 Å². The number of ether oxygens (including phenoxy) is 2. The van der Waals surface area contributed by atoms with Crippen LogP contribution < -0.4 is 10.1 Å². The number of halogens is 3. The van der Waals surface area contributed by atoms with Gasteiger partial charge in [-0.05, 0) is 36.6 Å². The molecule has 0 fully saturated rings. The summed E-state index contributed by atoms with van der Waals surface area (Å²) in [7, 11) is 0. The van der Waals surface area contributed by atoms with Gasteiger partial charge in [-0.25, -0.2) is 0 Å². The van der Waals surface area contributed by atoms with Crippen LogP contribution in [0.4, 0.5) is 13.2 Å². The summed E-state index contributed by atoms with van der Waals surface area (Å²) in [5, 5.41) is 3.38. The molecule has 1 unspecified atom stereocenters. The molecule has 0 radical (unpaired) electrons. The van der Waals surface area contributed by atoms with Crippen molar-refractivity contribution in [1.82, 2.24) is 5.32 Å². The number of hydrogen-bond donors (Lipinski definition) is 1. The van der Waals surface area contributed by atoms with Crippen LogP contribution in [-0.2, 0) is 11.2 Å². The van der Waals surface area contributed by atoms with E-state index in [0.29, 0.717) is 11.8 Å². The van der Waals surface area contributed by atoms with E-state index in [1.807, 2.05) is 19.1 Å². The van der Waals surface area contributed by atoms with Gasteiger partial charge in [-0.3, -0.25) is 0 Å². The van der Waals surface area contributed by atoms with E-state index in [2.05, 4.69) is 10.1 Å². The highest BCUT2D eigenvalue weighted by atomic mass is 19.4. The fourth-order valence-electron chi connectivity index (χ4n) is 2.48. The van der Waals surface area contributed by atoms with Gasteiger partial charge in [0.25, 0.3) is 0 Å². The second-order valence-corrected chi connectivity index (χ2v) is 4.70. The highest BCUT2D eigenvalue weighted by Gasteiger charge is 2.28. The summed E-state index contributed by atoms with van der Waals surface area (Å²) < 4.78 is 45.6. The van der Waals surface area contributed by atoms with Gasteiger partial charge in [0.2, 0.25) is 0 Å². The molecule has 2 rings (SSSR count). The van der Waals surface area contributed by atoms with E-state index in [0.717, 1.165) is 24.9 Å². The van der Waals surface area contributed by atoms with Crippen molar-refractivity contribution in [3.63, 3.8) is 0 Å². The van der Waals surface area contributed by atoms with Crippen LogP contribution in [0.1, 0.15) is 30.5 Å². The van der Waals surface area contributed by atoms with Crippen molar-refractivity contribution in [3.8, 4) is 5.75 Å². The predicted octanol–water partition coefficient (Wildman–Crippen LogP) is 3.20. The molecule has 1 atom stereocenters. The largest absolute Gasteiger partial charge is 0.467 e. The Hall–Kier alpha value is -1.27. The first-order valence-electron chi connectivity index (χ1n) is 6.63. The highest BCUT2D eigenvalue weighted by molar-refractivity contribution is 5.45. The van der Waals surface area contributed by atoms with Crippen molar-refractivity contribution in [2.24, 2.45) is 0 Å².